The van der Waals surface area contributed by atoms with Gasteiger partial charge in [-0.25, -0.2) is 4.79 Å². The first-order valence-electron chi connectivity index (χ1n) is 6.77. The average Bonchev–Trinajstić information content (AvgIpc) is 2.22. The second-order valence-corrected chi connectivity index (χ2v) is 11.2. The Balaban J connectivity index is 2.33. The molecule has 0 saturated carbocycles. The molecule has 1 rings (SSSR count). The standard InChI is InChI=1S/C13H27NO4Si/c1-13(2,19(4,5)17)6-10-7-14(8-10)9-11(15)12(16)18-3/h10-11,15,17H,6-9H2,1-5H3/t11-/m0/s1. The Hall–Kier alpha value is -0.433. The minimum absolute atomic E-state index is 0.00920. The molecule has 1 aliphatic heterocycles. The third-order valence-electron chi connectivity index (χ3n) is 4.39. The fourth-order valence-corrected chi connectivity index (χ4v) is 3.17. The summed E-state index contributed by atoms with van der Waals surface area (Å²) in [7, 11) is -0.871. The molecule has 1 fully saturated rings. The van der Waals surface area contributed by atoms with Crippen LogP contribution < -0.4 is 0 Å². The number of rotatable bonds is 6. The van der Waals surface area contributed by atoms with Gasteiger partial charge in [-0.15, -0.1) is 0 Å². The molecule has 6 heteroatoms. The van der Waals surface area contributed by atoms with Gasteiger partial charge in [-0.1, -0.05) is 13.8 Å². The van der Waals surface area contributed by atoms with E-state index in [4.69, 9.17) is 0 Å². The lowest BCUT2D eigenvalue weighted by Gasteiger charge is -2.45. The zero-order chi connectivity index (χ0) is 14.8. The van der Waals surface area contributed by atoms with E-state index in [9.17, 15) is 14.7 Å². The number of nitrogens with zero attached hydrogens (tertiary/aromatic N) is 1. The monoisotopic (exact) mass is 289 g/mol. The Morgan fingerprint density at radius 2 is 2.00 bits per heavy atom. The molecule has 0 bridgehead atoms. The lowest BCUT2D eigenvalue weighted by atomic mass is 9.89. The van der Waals surface area contributed by atoms with Crippen LogP contribution in [0, 0.1) is 5.92 Å². The van der Waals surface area contributed by atoms with E-state index < -0.39 is 20.4 Å². The molecule has 1 atom stereocenters. The number of aliphatic hydroxyl groups excluding tert-OH is 1. The van der Waals surface area contributed by atoms with Crippen molar-refractivity contribution in [3.8, 4) is 0 Å². The summed E-state index contributed by atoms with van der Waals surface area (Å²) < 4.78 is 4.49. The molecule has 1 aliphatic rings. The topological polar surface area (TPSA) is 70.0 Å². The Bertz CT molecular complexity index is 321. The highest BCUT2D eigenvalue weighted by atomic mass is 28.4. The van der Waals surface area contributed by atoms with Crippen LogP contribution in [0.1, 0.15) is 20.3 Å². The van der Waals surface area contributed by atoms with Crippen LogP contribution in [0.5, 0.6) is 0 Å². The summed E-state index contributed by atoms with van der Waals surface area (Å²) >= 11 is 0. The van der Waals surface area contributed by atoms with Crippen LogP contribution in [0.25, 0.3) is 0 Å². The maximum atomic E-state index is 11.1. The molecule has 0 amide bonds. The molecule has 5 nitrogen and oxygen atoms in total. The van der Waals surface area contributed by atoms with Gasteiger partial charge in [0.05, 0.1) is 7.11 Å². The van der Waals surface area contributed by atoms with Crippen molar-refractivity contribution in [3.63, 3.8) is 0 Å². The van der Waals surface area contributed by atoms with E-state index in [0.717, 1.165) is 19.5 Å². The summed E-state index contributed by atoms with van der Waals surface area (Å²) in [5.74, 6) is -0.0357. The zero-order valence-electron chi connectivity index (χ0n) is 12.6. The van der Waals surface area contributed by atoms with Gasteiger partial charge >= 0.3 is 5.97 Å². The number of esters is 1. The molecule has 0 unspecified atom stereocenters. The Kier molecular flexibility index (Phi) is 5.17. The Morgan fingerprint density at radius 3 is 2.42 bits per heavy atom. The number of β-amino-alcohol motifs (C(OH)–C–C–N with tert-alkyl or cyclic N) is 1. The van der Waals surface area contributed by atoms with E-state index in [0.29, 0.717) is 12.5 Å². The predicted molar refractivity (Wildman–Crippen MR) is 76.3 cm³/mol. The Morgan fingerprint density at radius 1 is 1.47 bits per heavy atom. The highest BCUT2D eigenvalue weighted by molar-refractivity contribution is 6.72. The van der Waals surface area contributed by atoms with Crippen LogP contribution in [-0.2, 0) is 9.53 Å². The maximum absolute atomic E-state index is 11.1. The second kappa shape index (κ2) is 5.91. The van der Waals surface area contributed by atoms with E-state index in [1.165, 1.54) is 7.11 Å². The van der Waals surface area contributed by atoms with Crippen molar-refractivity contribution in [2.24, 2.45) is 5.92 Å². The lowest BCUT2D eigenvalue weighted by molar-refractivity contribution is -0.152. The lowest BCUT2D eigenvalue weighted by Crippen LogP contribution is -2.53. The number of carbonyl (C=O) groups excluding carboxylic acids is 1. The number of ether oxygens (including phenoxy) is 1. The van der Waals surface area contributed by atoms with Crippen LogP contribution in [0.15, 0.2) is 0 Å². The van der Waals surface area contributed by atoms with Gasteiger partial charge < -0.3 is 14.6 Å². The molecule has 0 radical (unpaired) electrons. The number of carbonyl (C=O) groups is 1. The number of methoxy groups -OCH3 is 1. The van der Waals surface area contributed by atoms with E-state index >= 15 is 0 Å². The molecule has 0 aromatic carbocycles. The van der Waals surface area contributed by atoms with Crippen LogP contribution >= 0.6 is 0 Å². The van der Waals surface area contributed by atoms with Crippen LogP contribution in [0.4, 0.5) is 0 Å². The molecule has 0 aliphatic carbocycles. The van der Waals surface area contributed by atoms with E-state index in [2.05, 4.69) is 18.6 Å². The number of hydrogen-bond acceptors (Lipinski definition) is 5. The summed E-state index contributed by atoms with van der Waals surface area (Å²) in [5.41, 5.74) is 0. The van der Waals surface area contributed by atoms with Crippen molar-refractivity contribution in [2.75, 3.05) is 26.7 Å². The minimum atomic E-state index is -2.15. The van der Waals surface area contributed by atoms with Gasteiger partial charge in [0.15, 0.2) is 14.4 Å². The fraction of sp³-hybridized carbons (Fsp3) is 0.923. The van der Waals surface area contributed by atoms with E-state index in [1.807, 2.05) is 18.0 Å². The first-order valence-corrected chi connectivity index (χ1v) is 9.72. The van der Waals surface area contributed by atoms with Crippen molar-refractivity contribution < 1.29 is 19.4 Å². The molecular formula is C13H27NO4Si. The van der Waals surface area contributed by atoms with Gasteiger partial charge in [-0.3, -0.25) is 4.90 Å². The van der Waals surface area contributed by atoms with Gasteiger partial charge in [-0.2, -0.15) is 0 Å². The normalized spacial score (nSPS) is 19.9. The highest BCUT2D eigenvalue weighted by Crippen LogP contribution is 2.43. The number of hydrogen-bond donors (Lipinski definition) is 2. The van der Waals surface area contributed by atoms with Crippen LogP contribution in [-0.4, -0.2) is 61.9 Å². The molecule has 1 saturated heterocycles. The molecule has 0 spiro atoms. The smallest absolute Gasteiger partial charge is 0.336 e. The summed E-state index contributed by atoms with van der Waals surface area (Å²) in [6.45, 7) is 10.3. The Labute approximate surface area is 116 Å². The van der Waals surface area contributed by atoms with Crippen molar-refractivity contribution in [3.05, 3.63) is 0 Å². The van der Waals surface area contributed by atoms with E-state index in [1.54, 1.807) is 0 Å². The van der Waals surface area contributed by atoms with Gasteiger partial charge in [0.25, 0.3) is 0 Å². The molecule has 19 heavy (non-hydrogen) atoms. The summed E-state index contributed by atoms with van der Waals surface area (Å²) in [4.78, 5) is 23.4. The largest absolute Gasteiger partial charge is 0.467 e. The highest BCUT2D eigenvalue weighted by Gasteiger charge is 2.42. The minimum Gasteiger partial charge on any atom is -0.467 e. The molecule has 0 aromatic heterocycles. The molecule has 2 N–H and O–H groups in total. The molecule has 112 valence electrons. The second-order valence-electron chi connectivity index (χ2n) is 6.77. The van der Waals surface area contributed by atoms with E-state index in [-0.39, 0.29) is 5.04 Å². The molecule has 0 aromatic rings. The number of likely N-dealkylation sites (tertiary alicyclic amines) is 1. The average molecular weight is 289 g/mol. The quantitative estimate of drug-likeness (QED) is 0.559. The van der Waals surface area contributed by atoms with Crippen LogP contribution in [0.3, 0.4) is 0 Å². The first kappa shape index (κ1) is 16.6. The van der Waals surface area contributed by atoms with Crippen molar-refractivity contribution >= 4 is 14.3 Å². The number of aliphatic hydroxyl groups is 1. The van der Waals surface area contributed by atoms with Gasteiger partial charge in [0.2, 0.25) is 0 Å². The van der Waals surface area contributed by atoms with Gasteiger partial charge in [0.1, 0.15) is 0 Å². The van der Waals surface area contributed by atoms with Gasteiger partial charge in [-0.05, 0) is 30.5 Å². The predicted octanol–water partition coefficient (Wildman–Crippen LogP) is 0.820. The fourth-order valence-electron chi connectivity index (χ4n) is 2.38. The third kappa shape index (κ3) is 4.27. The SMILES string of the molecule is COC(=O)[C@@H](O)CN1CC(CC(C)(C)[Si](C)(C)O)C1. The summed E-state index contributed by atoms with van der Waals surface area (Å²) in [6, 6.07) is 0. The maximum Gasteiger partial charge on any atom is 0.336 e. The summed E-state index contributed by atoms with van der Waals surface area (Å²) in [5, 5.41) is 9.54. The van der Waals surface area contributed by atoms with Gasteiger partial charge in [0, 0.05) is 19.6 Å². The molecular weight excluding hydrogens is 262 g/mol. The van der Waals surface area contributed by atoms with Crippen molar-refractivity contribution in [2.45, 2.75) is 44.5 Å². The summed E-state index contributed by atoms with van der Waals surface area (Å²) in [6.07, 6.45) is -0.0595. The van der Waals surface area contributed by atoms with Crippen molar-refractivity contribution in [1.82, 2.24) is 4.90 Å². The third-order valence-corrected chi connectivity index (χ3v) is 7.91. The molecule has 1 heterocycles. The first-order chi connectivity index (χ1) is 8.56. The van der Waals surface area contributed by atoms with Crippen LogP contribution in [0.2, 0.25) is 18.1 Å². The van der Waals surface area contributed by atoms with Crippen molar-refractivity contribution in [1.29, 1.82) is 0 Å². The zero-order valence-corrected chi connectivity index (χ0v) is 13.6.